The van der Waals surface area contributed by atoms with Gasteiger partial charge in [0.2, 0.25) is 0 Å². The van der Waals surface area contributed by atoms with Crippen molar-refractivity contribution in [3.8, 4) is 0 Å². The van der Waals surface area contributed by atoms with E-state index in [1.165, 1.54) is 0 Å². The van der Waals surface area contributed by atoms with Gasteiger partial charge in [-0.3, -0.25) is 0 Å². The van der Waals surface area contributed by atoms with Crippen LogP contribution in [0.2, 0.25) is 0 Å². The third-order valence-electron chi connectivity index (χ3n) is 6.33. The van der Waals surface area contributed by atoms with Gasteiger partial charge in [0.05, 0.1) is 5.52 Å². The molecule has 3 rings (SSSR count). The Labute approximate surface area is 219 Å². The summed E-state index contributed by atoms with van der Waals surface area (Å²) in [5, 5.41) is 4.47. The van der Waals surface area contributed by atoms with Crippen molar-refractivity contribution in [3.63, 3.8) is 0 Å². The molecule has 37 heavy (non-hydrogen) atoms. The van der Waals surface area contributed by atoms with Crippen LogP contribution in [-0.4, -0.2) is 51.9 Å². The molecule has 0 saturated heterocycles. The Kier molecular flexibility index (Phi) is 9.46. The molecule has 1 amide bonds. The van der Waals surface area contributed by atoms with Gasteiger partial charge in [-0.25, -0.2) is 14.8 Å². The van der Waals surface area contributed by atoms with Gasteiger partial charge in [-0.2, -0.15) is 4.73 Å². The maximum absolute atomic E-state index is 13.3. The van der Waals surface area contributed by atoms with E-state index in [0.29, 0.717) is 42.3 Å². The van der Waals surface area contributed by atoms with Crippen molar-refractivity contribution in [2.75, 3.05) is 31.2 Å². The number of rotatable bonds is 12. The fourth-order valence-electron chi connectivity index (χ4n) is 4.22. The number of hydrogen-bond donors (Lipinski definition) is 2. The van der Waals surface area contributed by atoms with E-state index in [9.17, 15) is 9.36 Å². The molecule has 0 atom stereocenters. The number of benzene rings is 1. The summed E-state index contributed by atoms with van der Waals surface area (Å²) in [5.74, 6) is 1.14. The van der Waals surface area contributed by atoms with Crippen LogP contribution in [0, 0.1) is 0 Å². The number of fused-ring (bicyclic) bond motifs is 3. The van der Waals surface area contributed by atoms with E-state index in [-0.39, 0.29) is 0 Å². The molecule has 2 aromatic heterocycles. The first kappa shape index (κ1) is 28.8. The molecule has 0 bridgehead atoms. The van der Waals surface area contributed by atoms with Crippen molar-refractivity contribution in [1.29, 1.82) is 0 Å². The molecule has 0 spiro atoms. The second-order valence-electron chi connectivity index (χ2n) is 10.3. The topological polar surface area (TPSA) is 121 Å². The number of aromatic nitrogens is 3. The lowest BCUT2D eigenvalue weighted by atomic mass is 10.2. The highest BCUT2D eigenvalue weighted by molar-refractivity contribution is 7.71. The maximum atomic E-state index is 13.3. The molecule has 204 valence electrons. The highest BCUT2D eigenvalue weighted by Crippen LogP contribution is 2.44. The number of aryl methyl sites for hydroxylation is 1. The van der Waals surface area contributed by atoms with Crippen molar-refractivity contribution in [3.05, 3.63) is 24.0 Å². The molecule has 3 aromatic rings. The summed E-state index contributed by atoms with van der Waals surface area (Å²) in [6, 6.07) is 5.82. The molecule has 2 heterocycles. The Balaban J connectivity index is 1.85. The second kappa shape index (κ2) is 12.2. The highest BCUT2D eigenvalue weighted by Gasteiger charge is 2.23. The largest absolute Gasteiger partial charge is 0.444 e. The summed E-state index contributed by atoms with van der Waals surface area (Å²) < 4.78 is 20.4. The number of hydrogen-bond acceptors (Lipinski definition) is 7. The summed E-state index contributed by atoms with van der Waals surface area (Å²) in [4.78, 5) is 27.5. The Morgan fingerprint density at radius 2 is 1.84 bits per heavy atom. The molecule has 9 nitrogen and oxygen atoms in total. The summed E-state index contributed by atoms with van der Waals surface area (Å²) >= 11 is 0. The van der Waals surface area contributed by atoms with Gasteiger partial charge >= 0.3 is 6.09 Å². The van der Waals surface area contributed by atoms with Gasteiger partial charge < -0.3 is 25.2 Å². The Morgan fingerprint density at radius 1 is 1.11 bits per heavy atom. The molecule has 3 N–H and O–H groups in total. The van der Waals surface area contributed by atoms with Crippen LogP contribution in [0.25, 0.3) is 21.9 Å². The zero-order chi connectivity index (χ0) is 27.2. The Hall–Kier alpha value is -2.80. The molecule has 0 aliphatic heterocycles. The first-order valence-corrected chi connectivity index (χ1v) is 15.4. The van der Waals surface area contributed by atoms with Crippen molar-refractivity contribution >= 4 is 46.3 Å². The van der Waals surface area contributed by atoms with E-state index >= 15 is 0 Å². The first-order chi connectivity index (χ1) is 17.5. The van der Waals surface area contributed by atoms with Crippen LogP contribution in [0.3, 0.4) is 0 Å². The van der Waals surface area contributed by atoms with E-state index in [0.717, 1.165) is 54.1 Å². The van der Waals surface area contributed by atoms with Gasteiger partial charge in [0.25, 0.3) is 0 Å². The summed E-state index contributed by atoms with van der Waals surface area (Å²) in [6.45, 7) is 12.5. The number of carbonyl (C=O) groups excluding carboxylic acids is 1. The van der Waals surface area contributed by atoms with Gasteiger partial charge in [-0.05, 0) is 52.2 Å². The summed E-state index contributed by atoms with van der Waals surface area (Å²) in [5.41, 5.74) is 7.94. The molecule has 0 aliphatic rings. The van der Waals surface area contributed by atoms with Crippen LogP contribution in [0.5, 0.6) is 0 Å². The van der Waals surface area contributed by atoms with Crippen LogP contribution in [-0.2, 0) is 15.7 Å². The van der Waals surface area contributed by atoms with E-state index in [2.05, 4.69) is 17.2 Å². The van der Waals surface area contributed by atoms with Crippen LogP contribution < -0.4 is 21.2 Å². The maximum Gasteiger partial charge on any atom is 0.407 e. The molecule has 0 saturated carbocycles. The number of carbonyl (C=O) groups is 1. The summed E-state index contributed by atoms with van der Waals surface area (Å²) in [6.07, 6.45) is 5.04. The van der Waals surface area contributed by atoms with Crippen LogP contribution >= 0.6 is 7.14 Å². The average molecular weight is 532 g/mol. The third-order valence-corrected chi connectivity index (χ3v) is 9.59. The van der Waals surface area contributed by atoms with Gasteiger partial charge in [-0.1, -0.05) is 33.3 Å². The van der Waals surface area contributed by atoms with Gasteiger partial charge in [0.15, 0.2) is 5.82 Å². The van der Waals surface area contributed by atoms with Crippen molar-refractivity contribution in [2.45, 2.75) is 79.2 Å². The number of alkyl carbamates (subject to hydrolysis) is 1. The second-order valence-corrected chi connectivity index (χ2v) is 13.9. The summed E-state index contributed by atoms with van der Waals surface area (Å²) in [7, 11) is -2.46. The zero-order valence-electron chi connectivity index (χ0n) is 23.1. The molecule has 1 aromatic carbocycles. The Morgan fingerprint density at radius 3 is 2.49 bits per heavy atom. The fourth-order valence-corrected chi connectivity index (χ4v) is 6.11. The van der Waals surface area contributed by atoms with Crippen LogP contribution in [0.4, 0.5) is 10.6 Å². The SMILES string of the molecule is CCCCc1nc2c(N)nc3cc(P(=O)(CC)CC)ccc3c2n1OCCCCNC(=O)OC(C)(C)C. The fraction of sp³-hybridized carbons (Fsp3) is 0.593. The smallest absolute Gasteiger partial charge is 0.407 e. The number of ether oxygens (including phenoxy) is 1. The number of nitrogen functional groups attached to an aromatic ring is 1. The van der Waals surface area contributed by atoms with Gasteiger partial charge in [0, 0.05) is 36.0 Å². The minimum Gasteiger partial charge on any atom is -0.444 e. The molecule has 0 radical (unpaired) electrons. The Bertz CT molecular complexity index is 1270. The molecule has 0 fully saturated rings. The van der Waals surface area contributed by atoms with Crippen molar-refractivity contribution in [2.24, 2.45) is 0 Å². The minimum atomic E-state index is -2.46. The third kappa shape index (κ3) is 6.95. The molecular weight excluding hydrogens is 489 g/mol. The van der Waals surface area contributed by atoms with E-state index in [4.69, 9.17) is 20.3 Å². The monoisotopic (exact) mass is 531 g/mol. The number of nitrogens with zero attached hydrogens (tertiary/aromatic N) is 3. The quantitative estimate of drug-likeness (QED) is 0.241. The van der Waals surface area contributed by atoms with Gasteiger partial charge in [0.1, 0.15) is 36.2 Å². The van der Waals surface area contributed by atoms with Crippen molar-refractivity contribution < 1.29 is 18.9 Å². The van der Waals surface area contributed by atoms with Crippen molar-refractivity contribution in [1.82, 2.24) is 20.0 Å². The van der Waals surface area contributed by atoms with Crippen LogP contribution in [0.15, 0.2) is 18.2 Å². The first-order valence-electron chi connectivity index (χ1n) is 13.3. The number of pyridine rings is 1. The predicted octanol–water partition coefficient (Wildman–Crippen LogP) is 5.27. The number of anilines is 1. The van der Waals surface area contributed by atoms with Crippen LogP contribution in [0.1, 0.15) is 73.1 Å². The lowest BCUT2D eigenvalue weighted by Gasteiger charge is -2.19. The van der Waals surface area contributed by atoms with Gasteiger partial charge in [-0.15, -0.1) is 0 Å². The molecule has 10 heteroatoms. The normalized spacial score (nSPS) is 12.3. The predicted molar refractivity (Wildman–Crippen MR) is 151 cm³/mol. The molecular formula is C27H42N5O4P. The number of unbranched alkanes of at least 4 members (excludes halogenated alkanes) is 2. The average Bonchev–Trinajstić information content (AvgIpc) is 3.22. The zero-order valence-corrected chi connectivity index (χ0v) is 24.0. The lowest BCUT2D eigenvalue weighted by Crippen LogP contribution is -2.33. The highest BCUT2D eigenvalue weighted by atomic mass is 31.2. The lowest BCUT2D eigenvalue weighted by molar-refractivity contribution is 0.0524. The van der Waals surface area contributed by atoms with E-state index in [1.54, 1.807) is 4.73 Å². The minimum absolute atomic E-state index is 0.337. The number of nitrogens with one attached hydrogen (secondary N) is 1. The number of amides is 1. The molecule has 0 aliphatic carbocycles. The molecule has 0 unspecified atom stereocenters. The number of nitrogens with two attached hydrogens (primary N) is 1. The van der Waals surface area contributed by atoms with E-state index in [1.807, 2.05) is 52.8 Å². The standard InChI is InChI=1S/C27H42N5O4P/c1-7-10-13-22-31-23-24(32(22)35-17-12-11-16-29-26(33)36-27(4,5)6)20-15-14-19(37(34,8-2)9-3)18-21(20)30-25(23)28/h14-15,18H,7-13,16-17H2,1-6H3,(H2,28,30)(H,29,33). The number of imidazole rings is 1. The van der Waals surface area contributed by atoms with E-state index < -0.39 is 18.8 Å².